The lowest BCUT2D eigenvalue weighted by Crippen LogP contribution is -2.46. The molecule has 0 saturated heterocycles. The average Bonchev–Trinajstić information content (AvgIpc) is 3.05. The standard InChI is InChI=1S/C22H29F3N4O4/c1-15(2)7-5-11-29-18-14-28(10-6-12-30)21(31)27(3)19(18)26-20(29)32-16-8-4-9-17(13-16)33-22(23,24)25/h4,8-9,13,15,30H,5-7,10-12,14H2,1-3H3. The van der Waals surface area contributed by atoms with Crippen molar-refractivity contribution in [1.82, 2.24) is 14.5 Å². The number of hydrogen-bond acceptors (Lipinski definition) is 5. The molecular formula is C22H29F3N4O4. The lowest BCUT2D eigenvalue weighted by Gasteiger charge is -2.32. The summed E-state index contributed by atoms with van der Waals surface area (Å²) in [7, 11) is 1.61. The minimum Gasteiger partial charge on any atom is -0.425 e. The van der Waals surface area contributed by atoms with E-state index in [4.69, 9.17) is 9.84 Å². The summed E-state index contributed by atoms with van der Waals surface area (Å²) in [4.78, 5) is 20.3. The number of amides is 2. The highest BCUT2D eigenvalue weighted by molar-refractivity contribution is 5.93. The maximum absolute atomic E-state index is 12.7. The number of aromatic nitrogens is 2. The molecule has 0 radical (unpaired) electrons. The zero-order valence-corrected chi connectivity index (χ0v) is 18.9. The van der Waals surface area contributed by atoms with Gasteiger partial charge in [-0.2, -0.15) is 4.98 Å². The number of fused-ring (bicyclic) bond motifs is 1. The zero-order chi connectivity index (χ0) is 24.2. The van der Waals surface area contributed by atoms with Crippen LogP contribution in [0.1, 0.15) is 38.8 Å². The molecule has 1 aromatic heterocycles. The Bertz CT molecular complexity index is 962. The van der Waals surface area contributed by atoms with Gasteiger partial charge in [0.05, 0.1) is 12.2 Å². The van der Waals surface area contributed by atoms with E-state index in [2.05, 4.69) is 23.6 Å². The van der Waals surface area contributed by atoms with Crippen molar-refractivity contribution in [1.29, 1.82) is 0 Å². The van der Waals surface area contributed by atoms with Crippen LogP contribution in [-0.4, -0.2) is 52.2 Å². The van der Waals surface area contributed by atoms with Gasteiger partial charge in [0.25, 0.3) is 0 Å². The van der Waals surface area contributed by atoms with Gasteiger partial charge in [-0.3, -0.25) is 9.47 Å². The van der Waals surface area contributed by atoms with Gasteiger partial charge in [-0.15, -0.1) is 13.2 Å². The van der Waals surface area contributed by atoms with E-state index in [0.29, 0.717) is 37.8 Å². The van der Waals surface area contributed by atoms with Gasteiger partial charge >= 0.3 is 18.4 Å². The molecule has 3 rings (SSSR count). The highest BCUT2D eigenvalue weighted by Crippen LogP contribution is 2.35. The monoisotopic (exact) mass is 470 g/mol. The lowest BCUT2D eigenvalue weighted by atomic mass is 10.1. The number of carbonyl (C=O) groups is 1. The lowest BCUT2D eigenvalue weighted by molar-refractivity contribution is -0.274. The molecule has 2 heterocycles. The van der Waals surface area contributed by atoms with E-state index >= 15 is 0 Å². The Morgan fingerprint density at radius 1 is 1.18 bits per heavy atom. The molecule has 0 saturated carbocycles. The van der Waals surface area contributed by atoms with Crippen LogP contribution in [0.3, 0.4) is 0 Å². The largest absolute Gasteiger partial charge is 0.573 e. The third-order valence-electron chi connectivity index (χ3n) is 5.23. The Morgan fingerprint density at radius 2 is 1.91 bits per heavy atom. The molecular weight excluding hydrogens is 441 g/mol. The Labute approximate surface area is 190 Å². The van der Waals surface area contributed by atoms with Crippen molar-refractivity contribution in [3.8, 4) is 17.5 Å². The van der Waals surface area contributed by atoms with Crippen LogP contribution in [0.15, 0.2) is 24.3 Å². The fraction of sp³-hybridized carbons (Fsp3) is 0.545. The Balaban J connectivity index is 1.92. The van der Waals surface area contributed by atoms with E-state index in [9.17, 15) is 18.0 Å². The number of imidazole rings is 1. The molecule has 11 heteroatoms. The predicted molar refractivity (Wildman–Crippen MR) is 115 cm³/mol. The summed E-state index contributed by atoms with van der Waals surface area (Å²) >= 11 is 0. The van der Waals surface area contributed by atoms with E-state index in [1.807, 2.05) is 4.57 Å². The molecule has 0 fully saturated rings. The topological polar surface area (TPSA) is 80.1 Å². The van der Waals surface area contributed by atoms with Gasteiger partial charge in [-0.25, -0.2) is 4.79 Å². The average molecular weight is 470 g/mol. The quantitative estimate of drug-likeness (QED) is 0.541. The Kier molecular flexibility index (Phi) is 7.72. The number of rotatable bonds is 10. The number of ether oxygens (including phenoxy) is 2. The van der Waals surface area contributed by atoms with Gasteiger partial charge in [-0.05, 0) is 37.3 Å². The summed E-state index contributed by atoms with van der Waals surface area (Å²) in [5.41, 5.74) is 0.775. The molecule has 1 aliphatic rings. The molecule has 8 nitrogen and oxygen atoms in total. The number of aliphatic hydroxyl groups excluding tert-OH is 1. The normalized spacial score (nSPS) is 14.1. The van der Waals surface area contributed by atoms with Crippen molar-refractivity contribution in [3.05, 3.63) is 30.0 Å². The number of hydrogen-bond donors (Lipinski definition) is 1. The predicted octanol–water partition coefficient (Wildman–Crippen LogP) is 4.76. The van der Waals surface area contributed by atoms with Crippen molar-refractivity contribution in [2.75, 3.05) is 25.1 Å². The first-order valence-electron chi connectivity index (χ1n) is 10.9. The molecule has 0 unspecified atom stereocenters. The minimum atomic E-state index is -4.81. The van der Waals surface area contributed by atoms with Crippen molar-refractivity contribution in [2.24, 2.45) is 5.92 Å². The second kappa shape index (κ2) is 10.3. The number of alkyl halides is 3. The summed E-state index contributed by atoms with van der Waals surface area (Å²) in [6, 6.07) is 5.19. The van der Waals surface area contributed by atoms with E-state index in [-0.39, 0.29) is 24.4 Å². The summed E-state index contributed by atoms with van der Waals surface area (Å²) in [5, 5.41) is 9.16. The van der Waals surface area contributed by atoms with Crippen LogP contribution in [0.4, 0.5) is 23.8 Å². The maximum Gasteiger partial charge on any atom is 0.573 e. The van der Waals surface area contributed by atoms with Crippen molar-refractivity contribution in [2.45, 2.75) is 52.6 Å². The third kappa shape index (κ3) is 6.31. The summed E-state index contributed by atoms with van der Waals surface area (Å²) in [5.74, 6) is 0.679. The van der Waals surface area contributed by atoms with Gasteiger partial charge in [0.15, 0.2) is 5.82 Å². The second-order valence-electron chi connectivity index (χ2n) is 8.32. The fourth-order valence-electron chi connectivity index (χ4n) is 3.67. The van der Waals surface area contributed by atoms with E-state index in [0.717, 1.165) is 24.6 Å². The van der Waals surface area contributed by atoms with E-state index in [1.165, 1.54) is 23.1 Å². The third-order valence-corrected chi connectivity index (χ3v) is 5.23. The highest BCUT2D eigenvalue weighted by Gasteiger charge is 2.34. The van der Waals surface area contributed by atoms with Crippen LogP contribution in [0.25, 0.3) is 0 Å². The molecule has 1 aliphatic heterocycles. The van der Waals surface area contributed by atoms with E-state index < -0.39 is 12.1 Å². The van der Waals surface area contributed by atoms with Gasteiger partial charge in [-0.1, -0.05) is 19.9 Å². The first-order valence-corrected chi connectivity index (χ1v) is 10.9. The number of carbonyl (C=O) groups excluding carboxylic acids is 1. The molecule has 1 N–H and O–H groups in total. The molecule has 2 amide bonds. The van der Waals surface area contributed by atoms with Crippen molar-refractivity contribution >= 4 is 11.8 Å². The van der Waals surface area contributed by atoms with Gasteiger partial charge < -0.3 is 19.5 Å². The number of halogens is 3. The number of nitrogens with zero attached hydrogens (tertiary/aromatic N) is 4. The molecule has 1 aromatic carbocycles. The first kappa shape index (κ1) is 24.7. The van der Waals surface area contributed by atoms with Crippen LogP contribution < -0.4 is 14.4 Å². The van der Waals surface area contributed by atoms with Crippen molar-refractivity contribution < 1.29 is 32.5 Å². The van der Waals surface area contributed by atoms with Crippen molar-refractivity contribution in [3.63, 3.8) is 0 Å². The van der Waals surface area contributed by atoms with Crippen LogP contribution in [0, 0.1) is 5.92 Å². The van der Waals surface area contributed by atoms with Crippen LogP contribution >= 0.6 is 0 Å². The van der Waals surface area contributed by atoms with Gasteiger partial charge in [0, 0.05) is 32.8 Å². The molecule has 0 spiro atoms. The first-order chi connectivity index (χ1) is 15.6. The maximum atomic E-state index is 12.7. The van der Waals surface area contributed by atoms with Gasteiger partial charge in [0.2, 0.25) is 0 Å². The second-order valence-corrected chi connectivity index (χ2v) is 8.32. The molecule has 0 atom stereocenters. The van der Waals surface area contributed by atoms with Crippen LogP contribution in [0.5, 0.6) is 17.5 Å². The minimum absolute atomic E-state index is 0.0291. The van der Waals surface area contributed by atoms with Gasteiger partial charge in [0.1, 0.15) is 11.5 Å². The molecule has 0 bridgehead atoms. The van der Waals surface area contributed by atoms with E-state index in [1.54, 1.807) is 11.9 Å². The summed E-state index contributed by atoms with van der Waals surface area (Å²) in [6.07, 6.45) is -2.56. The molecule has 182 valence electrons. The summed E-state index contributed by atoms with van der Waals surface area (Å²) < 4.78 is 49.5. The number of anilines is 1. The number of benzene rings is 1. The zero-order valence-electron chi connectivity index (χ0n) is 18.9. The van der Waals surface area contributed by atoms with Crippen LogP contribution in [0.2, 0.25) is 0 Å². The highest BCUT2D eigenvalue weighted by atomic mass is 19.4. The Morgan fingerprint density at radius 3 is 2.58 bits per heavy atom. The smallest absolute Gasteiger partial charge is 0.425 e. The molecule has 33 heavy (non-hydrogen) atoms. The number of urea groups is 1. The number of aliphatic hydroxyl groups is 1. The SMILES string of the molecule is CC(C)CCCn1c(Oc2cccc(OC(F)(F)F)c2)nc2c1CN(CCCO)C(=O)N2C. The molecule has 2 aromatic rings. The molecule has 0 aliphatic carbocycles. The fourth-order valence-corrected chi connectivity index (χ4v) is 3.67. The summed E-state index contributed by atoms with van der Waals surface area (Å²) in [6.45, 7) is 5.48. The van der Waals surface area contributed by atoms with Crippen LogP contribution in [-0.2, 0) is 13.1 Å². The Hall–Kier alpha value is -2.95.